The molecule has 3 aliphatic rings. The van der Waals surface area contributed by atoms with E-state index in [1.165, 1.54) is 70.9 Å². The zero-order valence-electron chi connectivity index (χ0n) is 10.7. The Hall–Kier alpha value is -0.0800. The van der Waals surface area contributed by atoms with Crippen molar-refractivity contribution in [3.63, 3.8) is 0 Å². The molecule has 1 heterocycles. The number of nitrogens with zero attached hydrogens (tertiary/aromatic N) is 1. The van der Waals surface area contributed by atoms with Gasteiger partial charge in [-0.1, -0.05) is 32.1 Å². The third kappa shape index (κ3) is 1.70. The standard InChI is InChI=1S/C14H26N2/c1-16-12-13(7-3-2-4-8-13)15-11-14(16)9-5-6-10-14/h15H,2-12H2,1H3. The number of piperazine rings is 1. The highest BCUT2D eigenvalue weighted by atomic mass is 15.3. The van der Waals surface area contributed by atoms with E-state index in [1.807, 2.05) is 0 Å². The van der Waals surface area contributed by atoms with Crippen LogP contribution < -0.4 is 5.32 Å². The first-order chi connectivity index (χ1) is 7.75. The van der Waals surface area contributed by atoms with Crippen molar-refractivity contribution in [1.29, 1.82) is 0 Å². The van der Waals surface area contributed by atoms with Gasteiger partial charge in [0.2, 0.25) is 0 Å². The minimum absolute atomic E-state index is 0.487. The van der Waals surface area contributed by atoms with Crippen LogP contribution in [0.2, 0.25) is 0 Å². The van der Waals surface area contributed by atoms with Crippen molar-refractivity contribution >= 4 is 0 Å². The van der Waals surface area contributed by atoms with E-state index in [4.69, 9.17) is 0 Å². The molecule has 0 aromatic heterocycles. The fourth-order valence-corrected chi connectivity index (χ4v) is 4.32. The first kappa shape index (κ1) is 11.0. The van der Waals surface area contributed by atoms with Gasteiger partial charge in [0.05, 0.1) is 0 Å². The topological polar surface area (TPSA) is 15.3 Å². The molecule has 92 valence electrons. The monoisotopic (exact) mass is 222 g/mol. The van der Waals surface area contributed by atoms with Gasteiger partial charge in [0.1, 0.15) is 0 Å². The molecular formula is C14H26N2. The van der Waals surface area contributed by atoms with Crippen LogP contribution in [0.15, 0.2) is 0 Å². The third-order valence-electron chi connectivity index (χ3n) is 5.49. The molecule has 2 saturated carbocycles. The van der Waals surface area contributed by atoms with Crippen LogP contribution in [-0.2, 0) is 0 Å². The first-order valence-electron chi connectivity index (χ1n) is 7.21. The van der Waals surface area contributed by atoms with Crippen LogP contribution in [0.1, 0.15) is 57.8 Å². The van der Waals surface area contributed by atoms with Crippen molar-refractivity contribution in [3.05, 3.63) is 0 Å². The molecule has 1 N–H and O–H groups in total. The van der Waals surface area contributed by atoms with E-state index in [0.29, 0.717) is 11.1 Å². The number of nitrogens with one attached hydrogen (secondary N) is 1. The fraction of sp³-hybridized carbons (Fsp3) is 1.00. The molecule has 0 unspecified atom stereocenters. The summed E-state index contributed by atoms with van der Waals surface area (Å²) in [6.07, 6.45) is 12.9. The summed E-state index contributed by atoms with van der Waals surface area (Å²) in [4.78, 5) is 2.71. The normalized spacial score (nSPS) is 33.6. The maximum Gasteiger partial charge on any atom is 0.0331 e. The first-order valence-corrected chi connectivity index (χ1v) is 7.21. The molecule has 3 fully saturated rings. The summed E-state index contributed by atoms with van der Waals surface area (Å²) < 4.78 is 0. The second-order valence-electron chi connectivity index (χ2n) is 6.48. The van der Waals surface area contributed by atoms with Gasteiger partial charge in [0, 0.05) is 24.2 Å². The van der Waals surface area contributed by atoms with Crippen molar-refractivity contribution in [3.8, 4) is 0 Å². The average molecular weight is 222 g/mol. The van der Waals surface area contributed by atoms with Crippen molar-refractivity contribution < 1.29 is 0 Å². The third-order valence-corrected chi connectivity index (χ3v) is 5.49. The van der Waals surface area contributed by atoms with E-state index >= 15 is 0 Å². The van der Waals surface area contributed by atoms with E-state index < -0.39 is 0 Å². The lowest BCUT2D eigenvalue weighted by Gasteiger charge is -2.53. The molecule has 1 aliphatic heterocycles. The molecule has 0 amide bonds. The molecule has 2 spiro atoms. The predicted octanol–water partition coefficient (Wildman–Crippen LogP) is 2.54. The largest absolute Gasteiger partial charge is 0.308 e. The molecule has 0 aromatic rings. The molecule has 2 nitrogen and oxygen atoms in total. The maximum absolute atomic E-state index is 3.96. The second kappa shape index (κ2) is 3.99. The summed E-state index contributed by atoms with van der Waals surface area (Å²) in [6, 6.07) is 0. The van der Waals surface area contributed by atoms with Crippen LogP contribution in [0.3, 0.4) is 0 Å². The highest BCUT2D eigenvalue weighted by molar-refractivity contribution is 5.06. The highest BCUT2D eigenvalue weighted by Gasteiger charge is 2.47. The summed E-state index contributed by atoms with van der Waals surface area (Å²) in [5.41, 5.74) is 1.02. The van der Waals surface area contributed by atoms with Crippen LogP contribution in [0, 0.1) is 0 Å². The fourth-order valence-electron chi connectivity index (χ4n) is 4.32. The van der Waals surface area contributed by atoms with Gasteiger partial charge in [0.15, 0.2) is 0 Å². The molecule has 2 aliphatic carbocycles. The van der Waals surface area contributed by atoms with E-state index in [1.54, 1.807) is 0 Å². The Morgan fingerprint density at radius 3 is 2.12 bits per heavy atom. The predicted molar refractivity (Wildman–Crippen MR) is 67.6 cm³/mol. The zero-order valence-corrected chi connectivity index (χ0v) is 10.7. The Morgan fingerprint density at radius 2 is 1.50 bits per heavy atom. The Kier molecular flexibility index (Phi) is 2.75. The van der Waals surface area contributed by atoms with Crippen molar-refractivity contribution in [1.82, 2.24) is 10.2 Å². The Bertz CT molecular complexity index is 249. The highest BCUT2D eigenvalue weighted by Crippen LogP contribution is 2.40. The lowest BCUT2D eigenvalue weighted by atomic mass is 9.77. The number of hydrogen-bond donors (Lipinski definition) is 1. The van der Waals surface area contributed by atoms with Gasteiger partial charge in [-0.2, -0.15) is 0 Å². The minimum Gasteiger partial charge on any atom is -0.308 e. The molecular weight excluding hydrogens is 196 g/mol. The van der Waals surface area contributed by atoms with Gasteiger partial charge >= 0.3 is 0 Å². The lowest BCUT2D eigenvalue weighted by Crippen LogP contribution is -2.68. The van der Waals surface area contributed by atoms with Crippen molar-refractivity contribution in [2.24, 2.45) is 0 Å². The average Bonchev–Trinajstić information content (AvgIpc) is 2.76. The van der Waals surface area contributed by atoms with E-state index in [9.17, 15) is 0 Å². The lowest BCUT2D eigenvalue weighted by molar-refractivity contribution is 0.0136. The summed E-state index contributed by atoms with van der Waals surface area (Å²) in [7, 11) is 2.38. The maximum atomic E-state index is 3.96. The summed E-state index contributed by atoms with van der Waals surface area (Å²) in [6.45, 7) is 2.55. The van der Waals surface area contributed by atoms with Crippen LogP contribution in [0.5, 0.6) is 0 Å². The Morgan fingerprint density at radius 1 is 0.875 bits per heavy atom. The summed E-state index contributed by atoms with van der Waals surface area (Å²) in [5.74, 6) is 0. The molecule has 3 rings (SSSR count). The Labute approximate surface area is 99.8 Å². The molecule has 1 saturated heterocycles. The second-order valence-corrected chi connectivity index (χ2v) is 6.48. The number of rotatable bonds is 0. The van der Waals surface area contributed by atoms with Gasteiger partial charge in [-0.05, 0) is 32.7 Å². The Balaban J connectivity index is 1.71. The van der Waals surface area contributed by atoms with Crippen molar-refractivity contribution in [2.45, 2.75) is 68.9 Å². The molecule has 16 heavy (non-hydrogen) atoms. The number of hydrogen-bond acceptors (Lipinski definition) is 2. The van der Waals surface area contributed by atoms with Gasteiger partial charge < -0.3 is 5.32 Å². The van der Waals surface area contributed by atoms with E-state index in [-0.39, 0.29) is 0 Å². The van der Waals surface area contributed by atoms with E-state index in [2.05, 4.69) is 17.3 Å². The smallest absolute Gasteiger partial charge is 0.0331 e. The van der Waals surface area contributed by atoms with Gasteiger partial charge in [-0.15, -0.1) is 0 Å². The SMILES string of the molecule is CN1CC2(CCCCC2)NCC12CCCC2. The van der Waals surface area contributed by atoms with E-state index in [0.717, 1.165) is 0 Å². The van der Waals surface area contributed by atoms with Crippen LogP contribution in [0.4, 0.5) is 0 Å². The van der Waals surface area contributed by atoms with Crippen LogP contribution in [0.25, 0.3) is 0 Å². The van der Waals surface area contributed by atoms with Gasteiger partial charge in [-0.25, -0.2) is 0 Å². The molecule has 2 heteroatoms. The zero-order chi connectivity index (χ0) is 11.1. The van der Waals surface area contributed by atoms with Crippen LogP contribution in [-0.4, -0.2) is 36.1 Å². The number of likely N-dealkylation sites (N-methyl/N-ethyl adjacent to an activating group) is 1. The molecule has 0 bridgehead atoms. The molecule has 0 atom stereocenters. The van der Waals surface area contributed by atoms with Crippen molar-refractivity contribution in [2.75, 3.05) is 20.1 Å². The molecule has 0 radical (unpaired) electrons. The van der Waals surface area contributed by atoms with Gasteiger partial charge in [0.25, 0.3) is 0 Å². The molecule has 0 aromatic carbocycles. The summed E-state index contributed by atoms with van der Waals surface area (Å²) in [5, 5.41) is 3.96. The minimum atomic E-state index is 0.487. The summed E-state index contributed by atoms with van der Waals surface area (Å²) >= 11 is 0. The van der Waals surface area contributed by atoms with Gasteiger partial charge in [-0.3, -0.25) is 4.90 Å². The quantitative estimate of drug-likeness (QED) is 0.677. The van der Waals surface area contributed by atoms with Crippen LogP contribution >= 0.6 is 0 Å².